The predicted octanol–water partition coefficient (Wildman–Crippen LogP) is 2.62. The number of rotatable bonds is 6. The first-order valence-corrected chi connectivity index (χ1v) is 8.16. The number of carbonyl (C=O) groups is 2. The van der Waals surface area contributed by atoms with Gasteiger partial charge in [0.2, 0.25) is 11.8 Å². The first-order valence-electron chi connectivity index (χ1n) is 7.28. The molecule has 2 N–H and O–H groups in total. The molecule has 2 heterocycles. The third-order valence-electron chi connectivity index (χ3n) is 3.98. The Morgan fingerprint density at radius 3 is 2.75 bits per heavy atom. The predicted molar refractivity (Wildman–Crippen MR) is 80.4 cm³/mol. The Labute approximate surface area is 124 Å². The van der Waals surface area contributed by atoms with Gasteiger partial charge in [-0.1, -0.05) is 32.8 Å². The van der Waals surface area contributed by atoms with Crippen molar-refractivity contribution >= 4 is 23.2 Å². The maximum Gasteiger partial charge on any atom is 0.243 e. The third kappa shape index (κ3) is 3.39. The maximum absolute atomic E-state index is 12.3. The van der Waals surface area contributed by atoms with Gasteiger partial charge in [-0.15, -0.1) is 11.3 Å². The molecule has 5 heteroatoms. The largest absolute Gasteiger partial charge is 0.346 e. The van der Waals surface area contributed by atoms with Crippen molar-refractivity contribution in [3.8, 4) is 0 Å². The smallest absolute Gasteiger partial charge is 0.243 e. The van der Waals surface area contributed by atoms with Gasteiger partial charge < -0.3 is 10.6 Å². The van der Waals surface area contributed by atoms with E-state index in [1.165, 1.54) is 4.88 Å². The second-order valence-corrected chi connectivity index (χ2v) is 6.22. The molecule has 0 spiro atoms. The minimum absolute atomic E-state index is 0.0274. The standard InChI is InChI=1S/C15H22N2O2S/c1-3-10(4-2)14(12-6-5-9-20-12)17-15(19)11-7-8-13(18)16-11/h5-6,9-11,14H,3-4,7-8H2,1-2H3,(H,16,18)(H,17,19)/t11-,14+/m0/s1. The van der Waals surface area contributed by atoms with Gasteiger partial charge in [0.25, 0.3) is 0 Å². The average molecular weight is 294 g/mol. The van der Waals surface area contributed by atoms with Crippen LogP contribution in [0.4, 0.5) is 0 Å². The lowest BCUT2D eigenvalue weighted by atomic mass is 9.92. The van der Waals surface area contributed by atoms with Crippen molar-refractivity contribution in [2.75, 3.05) is 0 Å². The number of amides is 2. The zero-order chi connectivity index (χ0) is 14.5. The van der Waals surface area contributed by atoms with E-state index >= 15 is 0 Å². The third-order valence-corrected chi connectivity index (χ3v) is 4.93. The van der Waals surface area contributed by atoms with Crippen molar-refractivity contribution < 1.29 is 9.59 Å². The van der Waals surface area contributed by atoms with Crippen LogP contribution >= 0.6 is 11.3 Å². The van der Waals surface area contributed by atoms with Crippen molar-refractivity contribution in [1.82, 2.24) is 10.6 Å². The van der Waals surface area contributed by atoms with Gasteiger partial charge in [0.15, 0.2) is 0 Å². The molecular formula is C15H22N2O2S. The Bertz CT molecular complexity index is 454. The molecule has 0 radical (unpaired) electrons. The molecule has 1 aromatic rings. The van der Waals surface area contributed by atoms with Crippen LogP contribution in [0.2, 0.25) is 0 Å². The van der Waals surface area contributed by atoms with Gasteiger partial charge in [0, 0.05) is 11.3 Å². The molecule has 1 aliphatic rings. The Kier molecular flexibility index (Phi) is 5.17. The molecule has 1 aliphatic heterocycles. The van der Waals surface area contributed by atoms with E-state index in [4.69, 9.17) is 0 Å². The zero-order valence-electron chi connectivity index (χ0n) is 12.0. The van der Waals surface area contributed by atoms with E-state index < -0.39 is 0 Å². The summed E-state index contributed by atoms with van der Waals surface area (Å²) in [5.74, 6) is 0.344. The van der Waals surface area contributed by atoms with Crippen LogP contribution in [0.25, 0.3) is 0 Å². The number of carbonyl (C=O) groups excluding carboxylic acids is 2. The van der Waals surface area contributed by atoms with Crippen molar-refractivity contribution in [3.05, 3.63) is 22.4 Å². The first kappa shape index (κ1) is 15.0. The van der Waals surface area contributed by atoms with Crippen LogP contribution in [0.3, 0.4) is 0 Å². The summed E-state index contributed by atoms with van der Waals surface area (Å²) in [5, 5.41) is 7.91. The lowest BCUT2D eigenvalue weighted by Crippen LogP contribution is -2.44. The maximum atomic E-state index is 12.3. The van der Waals surface area contributed by atoms with Gasteiger partial charge in [-0.2, -0.15) is 0 Å². The van der Waals surface area contributed by atoms with E-state index in [1.54, 1.807) is 11.3 Å². The topological polar surface area (TPSA) is 58.2 Å². The molecule has 2 rings (SSSR count). The van der Waals surface area contributed by atoms with Crippen LogP contribution < -0.4 is 10.6 Å². The Balaban J connectivity index is 2.07. The molecule has 0 unspecified atom stereocenters. The summed E-state index contributed by atoms with van der Waals surface area (Å²) in [6.07, 6.45) is 3.10. The number of nitrogens with one attached hydrogen (secondary N) is 2. The SMILES string of the molecule is CCC(CC)[C@@H](NC(=O)[C@@H]1CCC(=O)N1)c1cccs1. The first-order chi connectivity index (χ1) is 9.65. The van der Waals surface area contributed by atoms with Gasteiger partial charge in [-0.25, -0.2) is 0 Å². The normalized spacial score (nSPS) is 19.9. The molecule has 0 saturated carbocycles. The molecule has 1 fully saturated rings. The van der Waals surface area contributed by atoms with Gasteiger partial charge in [-0.3, -0.25) is 9.59 Å². The van der Waals surface area contributed by atoms with E-state index in [9.17, 15) is 9.59 Å². The fraction of sp³-hybridized carbons (Fsp3) is 0.600. The highest BCUT2D eigenvalue weighted by Crippen LogP contribution is 2.30. The van der Waals surface area contributed by atoms with Gasteiger partial charge in [-0.05, 0) is 23.8 Å². The number of hydrogen-bond donors (Lipinski definition) is 2. The summed E-state index contributed by atoms with van der Waals surface area (Å²) in [6, 6.07) is 3.77. The van der Waals surface area contributed by atoms with Crippen molar-refractivity contribution in [2.24, 2.45) is 5.92 Å². The summed E-state index contributed by atoms with van der Waals surface area (Å²) in [7, 11) is 0. The molecule has 1 aromatic heterocycles. The fourth-order valence-corrected chi connectivity index (χ4v) is 3.58. The number of hydrogen-bond acceptors (Lipinski definition) is 3. The lowest BCUT2D eigenvalue weighted by Gasteiger charge is -2.26. The molecule has 2 atom stereocenters. The molecule has 0 aliphatic carbocycles. The second-order valence-electron chi connectivity index (χ2n) is 5.24. The van der Waals surface area contributed by atoms with E-state index in [0.717, 1.165) is 12.8 Å². The lowest BCUT2D eigenvalue weighted by molar-refractivity contribution is -0.126. The summed E-state index contributed by atoms with van der Waals surface area (Å²) in [6.45, 7) is 4.30. The Morgan fingerprint density at radius 1 is 1.50 bits per heavy atom. The highest BCUT2D eigenvalue weighted by Gasteiger charge is 2.31. The van der Waals surface area contributed by atoms with E-state index in [0.29, 0.717) is 18.8 Å². The summed E-state index contributed by atoms with van der Waals surface area (Å²) >= 11 is 1.67. The van der Waals surface area contributed by atoms with Crippen LogP contribution in [0.15, 0.2) is 17.5 Å². The van der Waals surface area contributed by atoms with Crippen LogP contribution in [0.1, 0.15) is 50.4 Å². The van der Waals surface area contributed by atoms with Crippen LogP contribution in [-0.2, 0) is 9.59 Å². The number of thiophene rings is 1. The van der Waals surface area contributed by atoms with Gasteiger partial charge >= 0.3 is 0 Å². The summed E-state index contributed by atoms with van der Waals surface area (Å²) < 4.78 is 0. The molecular weight excluding hydrogens is 272 g/mol. The van der Waals surface area contributed by atoms with Crippen molar-refractivity contribution in [3.63, 3.8) is 0 Å². The Hall–Kier alpha value is -1.36. The fourth-order valence-electron chi connectivity index (χ4n) is 2.71. The monoisotopic (exact) mass is 294 g/mol. The van der Waals surface area contributed by atoms with Crippen LogP contribution in [0.5, 0.6) is 0 Å². The van der Waals surface area contributed by atoms with Crippen molar-refractivity contribution in [2.45, 2.75) is 51.6 Å². The molecule has 1 saturated heterocycles. The van der Waals surface area contributed by atoms with Gasteiger partial charge in [0.1, 0.15) is 6.04 Å². The van der Waals surface area contributed by atoms with Crippen molar-refractivity contribution in [1.29, 1.82) is 0 Å². The van der Waals surface area contributed by atoms with E-state index in [1.807, 2.05) is 11.4 Å². The molecule has 2 amide bonds. The quantitative estimate of drug-likeness (QED) is 0.847. The minimum Gasteiger partial charge on any atom is -0.346 e. The van der Waals surface area contributed by atoms with Gasteiger partial charge in [0.05, 0.1) is 6.04 Å². The average Bonchev–Trinajstić information content (AvgIpc) is 3.09. The second kappa shape index (κ2) is 6.88. The van der Waals surface area contributed by atoms with Crippen LogP contribution in [0, 0.1) is 5.92 Å². The highest BCUT2D eigenvalue weighted by molar-refractivity contribution is 7.10. The van der Waals surface area contributed by atoms with E-state index in [-0.39, 0.29) is 23.9 Å². The molecule has 110 valence electrons. The molecule has 0 aromatic carbocycles. The minimum atomic E-state index is -0.362. The molecule has 0 bridgehead atoms. The summed E-state index contributed by atoms with van der Waals surface area (Å²) in [5.41, 5.74) is 0. The van der Waals surface area contributed by atoms with Crippen LogP contribution in [-0.4, -0.2) is 17.9 Å². The molecule has 20 heavy (non-hydrogen) atoms. The van der Waals surface area contributed by atoms with E-state index in [2.05, 4.69) is 30.5 Å². The highest BCUT2D eigenvalue weighted by atomic mass is 32.1. The molecule has 4 nitrogen and oxygen atoms in total. The summed E-state index contributed by atoms with van der Waals surface area (Å²) in [4.78, 5) is 24.7. The Morgan fingerprint density at radius 2 is 2.25 bits per heavy atom. The zero-order valence-corrected chi connectivity index (χ0v) is 12.8.